The topological polar surface area (TPSA) is 58.3 Å². The fraction of sp³-hybridized carbons (Fsp3) is 0.632. The van der Waals surface area contributed by atoms with Crippen LogP contribution in [0.5, 0.6) is 0 Å². The van der Waals surface area contributed by atoms with Crippen molar-refractivity contribution in [3.8, 4) is 0 Å². The summed E-state index contributed by atoms with van der Waals surface area (Å²) < 4.78 is 5.43. The van der Waals surface area contributed by atoms with Gasteiger partial charge in [-0.25, -0.2) is 0 Å². The van der Waals surface area contributed by atoms with E-state index in [0.717, 1.165) is 44.4 Å². The molecule has 0 aliphatic carbocycles. The molecule has 0 amide bonds. The van der Waals surface area contributed by atoms with Crippen molar-refractivity contribution >= 4 is 0 Å². The number of hydrogen-bond acceptors (Lipinski definition) is 6. The maximum atomic E-state index is 5.43. The molecule has 0 spiro atoms. The van der Waals surface area contributed by atoms with E-state index in [1.54, 1.807) is 0 Å². The number of aromatic nitrogens is 3. The highest BCUT2D eigenvalue weighted by Gasteiger charge is 2.26. The molecule has 1 atom stereocenters. The maximum absolute atomic E-state index is 5.43. The monoisotopic (exact) mass is 343 g/mol. The van der Waals surface area contributed by atoms with Gasteiger partial charge in [-0.3, -0.25) is 9.88 Å². The second kappa shape index (κ2) is 7.62. The number of pyridine rings is 1. The van der Waals surface area contributed by atoms with Gasteiger partial charge in [0.05, 0.1) is 6.54 Å². The van der Waals surface area contributed by atoms with Gasteiger partial charge >= 0.3 is 0 Å². The van der Waals surface area contributed by atoms with Crippen LogP contribution in [0.15, 0.2) is 29.0 Å². The van der Waals surface area contributed by atoms with Crippen molar-refractivity contribution in [2.75, 3.05) is 26.7 Å². The minimum absolute atomic E-state index is 0.0652. The van der Waals surface area contributed by atoms with Crippen molar-refractivity contribution in [1.29, 1.82) is 0 Å². The first-order valence-electron chi connectivity index (χ1n) is 9.03. The van der Waals surface area contributed by atoms with Gasteiger partial charge in [-0.15, -0.1) is 0 Å². The predicted octanol–water partition coefficient (Wildman–Crippen LogP) is 2.72. The second-order valence-electron chi connectivity index (χ2n) is 8.21. The molecule has 1 fully saturated rings. The lowest BCUT2D eigenvalue weighted by Crippen LogP contribution is -2.28. The van der Waals surface area contributed by atoms with Gasteiger partial charge in [-0.2, -0.15) is 4.98 Å². The maximum Gasteiger partial charge on any atom is 0.240 e. The van der Waals surface area contributed by atoms with E-state index in [4.69, 9.17) is 4.52 Å². The lowest BCUT2D eigenvalue weighted by Gasteiger charge is -2.21. The Balaban J connectivity index is 1.46. The van der Waals surface area contributed by atoms with E-state index in [2.05, 4.69) is 58.8 Å². The summed E-state index contributed by atoms with van der Waals surface area (Å²) in [5, 5.41) is 4.12. The molecular formula is C19H29N5O. The van der Waals surface area contributed by atoms with Crippen LogP contribution in [-0.4, -0.2) is 51.6 Å². The number of likely N-dealkylation sites (tertiary alicyclic amines) is 1. The fourth-order valence-electron chi connectivity index (χ4n) is 3.33. The van der Waals surface area contributed by atoms with Gasteiger partial charge in [0, 0.05) is 37.4 Å². The smallest absolute Gasteiger partial charge is 0.240 e. The Morgan fingerprint density at radius 2 is 2.20 bits per heavy atom. The summed E-state index contributed by atoms with van der Waals surface area (Å²) >= 11 is 0. The summed E-state index contributed by atoms with van der Waals surface area (Å²) in [6.07, 6.45) is 4.98. The summed E-state index contributed by atoms with van der Waals surface area (Å²) in [5.41, 5.74) is 1.20. The first-order chi connectivity index (χ1) is 11.9. The highest BCUT2D eigenvalue weighted by atomic mass is 16.5. The Kier molecular flexibility index (Phi) is 5.49. The van der Waals surface area contributed by atoms with Gasteiger partial charge in [0.25, 0.3) is 0 Å². The average molecular weight is 343 g/mol. The van der Waals surface area contributed by atoms with Crippen molar-refractivity contribution in [2.24, 2.45) is 5.92 Å². The summed E-state index contributed by atoms with van der Waals surface area (Å²) in [7, 11) is 2.18. The van der Waals surface area contributed by atoms with Crippen molar-refractivity contribution < 1.29 is 4.52 Å². The van der Waals surface area contributed by atoms with E-state index in [-0.39, 0.29) is 5.41 Å². The molecule has 1 unspecified atom stereocenters. The minimum atomic E-state index is -0.0652. The molecule has 0 aromatic carbocycles. The van der Waals surface area contributed by atoms with Gasteiger partial charge in [0.1, 0.15) is 0 Å². The quantitative estimate of drug-likeness (QED) is 0.804. The van der Waals surface area contributed by atoms with Crippen molar-refractivity contribution in [1.82, 2.24) is 24.9 Å². The molecule has 6 nitrogen and oxygen atoms in total. The molecule has 25 heavy (non-hydrogen) atoms. The Bertz CT molecular complexity index is 664. The number of hydrogen-bond donors (Lipinski definition) is 0. The summed E-state index contributed by atoms with van der Waals surface area (Å²) in [6.45, 7) is 11.3. The first kappa shape index (κ1) is 18.0. The van der Waals surface area contributed by atoms with Crippen LogP contribution in [-0.2, 0) is 18.5 Å². The molecule has 2 aromatic heterocycles. The van der Waals surface area contributed by atoms with E-state index < -0.39 is 0 Å². The zero-order chi connectivity index (χ0) is 17.9. The molecular weight excluding hydrogens is 314 g/mol. The zero-order valence-electron chi connectivity index (χ0n) is 15.8. The number of rotatable bonds is 6. The molecule has 6 heteroatoms. The van der Waals surface area contributed by atoms with Crippen LogP contribution >= 0.6 is 0 Å². The SMILES string of the molecule is CN(Cc1cccnc1)CC1CCN(Cc2nc(C(C)(C)C)no2)C1. The van der Waals surface area contributed by atoms with Gasteiger partial charge in [0.15, 0.2) is 5.82 Å². The molecule has 2 aromatic rings. The van der Waals surface area contributed by atoms with Crippen LogP contribution in [0.3, 0.4) is 0 Å². The standard InChI is InChI=1S/C19H29N5O/c1-19(2,3)18-21-17(25-22-18)14-24-9-7-16(13-24)12-23(4)11-15-6-5-8-20-10-15/h5-6,8,10,16H,7,9,11-14H2,1-4H3. The average Bonchev–Trinajstić information content (AvgIpc) is 3.18. The van der Waals surface area contributed by atoms with Crippen molar-refractivity contribution in [2.45, 2.75) is 45.7 Å². The molecule has 136 valence electrons. The molecule has 0 bridgehead atoms. The lowest BCUT2D eigenvalue weighted by atomic mass is 9.96. The van der Waals surface area contributed by atoms with Crippen LogP contribution in [0, 0.1) is 5.92 Å². The molecule has 0 saturated carbocycles. The Labute approximate surface area is 150 Å². The van der Waals surface area contributed by atoms with Crippen molar-refractivity contribution in [3.05, 3.63) is 41.8 Å². The van der Waals surface area contributed by atoms with E-state index in [1.165, 1.54) is 12.0 Å². The summed E-state index contributed by atoms with van der Waals surface area (Å²) in [4.78, 5) is 13.5. The van der Waals surface area contributed by atoms with Crippen molar-refractivity contribution in [3.63, 3.8) is 0 Å². The second-order valence-corrected chi connectivity index (χ2v) is 8.21. The van der Waals surface area contributed by atoms with E-state index >= 15 is 0 Å². The fourth-order valence-corrected chi connectivity index (χ4v) is 3.33. The molecule has 3 rings (SSSR count). The predicted molar refractivity (Wildman–Crippen MR) is 97.0 cm³/mol. The van der Waals surface area contributed by atoms with E-state index in [1.807, 2.05) is 18.5 Å². The molecule has 0 N–H and O–H groups in total. The third-order valence-electron chi connectivity index (χ3n) is 4.61. The molecule has 1 aliphatic heterocycles. The molecule has 1 saturated heterocycles. The Morgan fingerprint density at radius 1 is 1.36 bits per heavy atom. The zero-order valence-corrected chi connectivity index (χ0v) is 15.8. The lowest BCUT2D eigenvalue weighted by molar-refractivity contribution is 0.236. The first-order valence-corrected chi connectivity index (χ1v) is 9.03. The van der Waals surface area contributed by atoms with Crippen LogP contribution in [0.4, 0.5) is 0 Å². The van der Waals surface area contributed by atoms with E-state index in [9.17, 15) is 0 Å². The van der Waals surface area contributed by atoms with Gasteiger partial charge < -0.3 is 9.42 Å². The number of nitrogens with zero attached hydrogens (tertiary/aromatic N) is 5. The van der Waals surface area contributed by atoms with Gasteiger partial charge in [-0.1, -0.05) is 32.0 Å². The highest BCUT2D eigenvalue weighted by molar-refractivity contribution is 5.08. The Morgan fingerprint density at radius 3 is 2.88 bits per heavy atom. The molecule has 1 aliphatic rings. The Hall–Kier alpha value is -1.79. The van der Waals surface area contributed by atoms with Crippen LogP contribution in [0.25, 0.3) is 0 Å². The molecule has 0 radical (unpaired) electrons. The summed E-state index contributed by atoms with van der Waals surface area (Å²) in [5.74, 6) is 2.20. The van der Waals surface area contributed by atoms with Gasteiger partial charge in [0.2, 0.25) is 5.89 Å². The summed E-state index contributed by atoms with van der Waals surface area (Å²) in [6, 6.07) is 4.13. The highest BCUT2D eigenvalue weighted by Crippen LogP contribution is 2.22. The van der Waals surface area contributed by atoms with E-state index in [0.29, 0.717) is 5.92 Å². The normalized spacial score (nSPS) is 19.0. The van der Waals surface area contributed by atoms with Crippen LogP contribution in [0.2, 0.25) is 0 Å². The third kappa shape index (κ3) is 5.09. The van der Waals surface area contributed by atoms with Crippen LogP contribution < -0.4 is 0 Å². The molecule has 3 heterocycles. The minimum Gasteiger partial charge on any atom is -0.338 e. The largest absolute Gasteiger partial charge is 0.338 e. The van der Waals surface area contributed by atoms with Gasteiger partial charge in [-0.05, 0) is 37.6 Å². The third-order valence-corrected chi connectivity index (χ3v) is 4.61. The van der Waals surface area contributed by atoms with Crippen LogP contribution in [0.1, 0.15) is 44.5 Å².